The normalized spacial score (nSPS) is 14.2. The van der Waals surface area contributed by atoms with Crippen LogP contribution in [0.15, 0.2) is 72.0 Å². The lowest BCUT2D eigenvalue weighted by atomic mass is 9.73. The number of aryl methyl sites for hydroxylation is 4. The van der Waals surface area contributed by atoms with Crippen molar-refractivity contribution < 1.29 is 0 Å². The minimum absolute atomic E-state index is 0.0553. The van der Waals surface area contributed by atoms with Gasteiger partial charge in [-0.1, -0.05) is 155 Å². The van der Waals surface area contributed by atoms with Gasteiger partial charge in [0, 0.05) is 21.9 Å². The van der Waals surface area contributed by atoms with Crippen LogP contribution in [0.3, 0.4) is 0 Å². The number of aromatic nitrogens is 1. The Balaban J connectivity index is 1.78. The van der Waals surface area contributed by atoms with Crippen molar-refractivity contribution in [3.63, 3.8) is 0 Å². The molecule has 0 aliphatic carbocycles. The lowest BCUT2D eigenvalue weighted by Gasteiger charge is -2.42. The highest BCUT2D eigenvalue weighted by Gasteiger charge is 2.38. The predicted octanol–water partition coefficient (Wildman–Crippen LogP) is 17.0. The zero-order chi connectivity index (χ0) is 47.9. The van der Waals surface area contributed by atoms with Gasteiger partial charge in [-0.05, 0) is 158 Å². The second kappa shape index (κ2) is 14.8. The number of hydrogen-bond donors (Lipinski definition) is 0. The van der Waals surface area contributed by atoms with Crippen LogP contribution in [0.1, 0.15) is 191 Å². The van der Waals surface area contributed by atoms with E-state index in [1.807, 2.05) is 0 Å². The molecule has 0 atom stereocenters. The Hall–Kier alpha value is -4.89. The Morgan fingerprint density at radius 2 is 0.734 bits per heavy atom. The summed E-state index contributed by atoms with van der Waals surface area (Å²) < 4.78 is 2.47. The van der Waals surface area contributed by atoms with E-state index in [2.05, 4.69) is 222 Å². The van der Waals surface area contributed by atoms with E-state index < -0.39 is 0 Å². The molecule has 0 bridgehead atoms. The summed E-state index contributed by atoms with van der Waals surface area (Å²) >= 11 is 0. The molecule has 7 rings (SSSR count). The molecule has 1 aromatic heterocycles. The van der Waals surface area contributed by atoms with E-state index in [-0.39, 0.29) is 37.9 Å². The fourth-order valence-electron chi connectivity index (χ4n) is 9.70. The number of benzene rings is 5. The van der Waals surface area contributed by atoms with Gasteiger partial charge in [0.05, 0.1) is 33.8 Å². The fraction of sp³-hybridized carbons (Fsp3) is 0.459. The second-order valence-electron chi connectivity index (χ2n) is 25.6. The van der Waals surface area contributed by atoms with Gasteiger partial charge >= 0.3 is 0 Å². The monoisotopic (exact) mass is 855 g/mol. The molecule has 3 nitrogen and oxygen atoms in total. The maximum absolute atomic E-state index is 15.6. The van der Waals surface area contributed by atoms with E-state index >= 15 is 4.79 Å². The third-order valence-electron chi connectivity index (χ3n) is 14.1. The van der Waals surface area contributed by atoms with Crippen LogP contribution in [0.25, 0.3) is 33.1 Å². The van der Waals surface area contributed by atoms with Gasteiger partial charge in [0.25, 0.3) is 0 Å². The van der Waals surface area contributed by atoms with Crippen molar-refractivity contribution in [3.8, 4) is 5.69 Å². The smallest absolute Gasteiger partial charge is 0.197 e. The minimum atomic E-state index is -0.215. The maximum Gasteiger partial charge on any atom is 0.197 e. The van der Waals surface area contributed by atoms with Crippen LogP contribution in [-0.4, -0.2) is 4.57 Å². The lowest BCUT2D eigenvalue weighted by molar-refractivity contribution is 0.544. The van der Waals surface area contributed by atoms with Crippen molar-refractivity contribution in [1.29, 1.82) is 0 Å². The van der Waals surface area contributed by atoms with Gasteiger partial charge in [0.2, 0.25) is 0 Å². The van der Waals surface area contributed by atoms with Gasteiger partial charge in [0.15, 0.2) is 5.43 Å². The second-order valence-corrected chi connectivity index (χ2v) is 25.6. The number of hydrogen-bond acceptors (Lipinski definition) is 2. The molecule has 0 fully saturated rings. The third kappa shape index (κ3) is 7.87. The highest BCUT2D eigenvalue weighted by Crippen LogP contribution is 2.55. The summed E-state index contributed by atoms with van der Waals surface area (Å²) in [5.41, 5.74) is 21.0. The Kier molecular flexibility index (Phi) is 10.9. The SMILES string of the molecule is C=C1c2cc(C)c(C)cc2N(c2c(C(C)(C)C)cc(C(C)(C)C)cc2C(C)(C)C)c2cc3c(=O)c4cc(C)c(C)cc4n(-c4c(C(C)(C)C)cc(C(C)(C)C)cc4C(C)(C)C)c3cc21. The fourth-order valence-corrected chi connectivity index (χ4v) is 9.70. The molecule has 0 spiro atoms. The first-order valence-electron chi connectivity index (χ1n) is 23.7. The molecular weight excluding hydrogens is 777 g/mol. The van der Waals surface area contributed by atoms with E-state index in [0.717, 1.165) is 55.6 Å². The van der Waals surface area contributed by atoms with E-state index in [4.69, 9.17) is 6.58 Å². The van der Waals surface area contributed by atoms with Crippen molar-refractivity contribution in [2.24, 2.45) is 0 Å². The number of fused-ring (bicyclic) bond motifs is 4. The van der Waals surface area contributed by atoms with Gasteiger partial charge in [-0.2, -0.15) is 0 Å². The number of rotatable bonds is 2. The largest absolute Gasteiger partial charge is 0.309 e. The first-order chi connectivity index (χ1) is 29.0. The molecule has 64 heavy (non-hydrogen) atoms. The number of nitrogens with zero attached hydrogens (tertiary/aromatic N) is 2. The third-order valence-corrected chi connectivity index (χ3v) is 14.1. The predicted molar refractivity (Wildman–Crippen MR) is 281 cm³/mol. The molecule has 1 aliphatic rings. The van der Waals surface area contributed by atoms with Crippen LogP contribution in [0.5, 0.6) is 0 Å². The van der Waals surface area contributed by atoms with E-state index in [0.29, 0.717) is 5.39 Å². The number of pyridine rings is 1. The Bertz CT molecular complexity index is 2920. The first-order valence-corrected chi connectivity index (χ1v) is 23.7. The zero-order valence-electron chi connectivity index (χ0n) is 43.8. The van der Waals surface area contributed by atoms with Crippen LogP contribution < -0.4 is 10.3 Å². The van der Waals surface area contributed by atoms with Crippen LogP contribution in [0, 0.1) is 27.7 Å². The first kappa shape index (κ1) is 47.1. The standard InChI is InChI=1S/C61H78N2O/c1-34-24-41-38(5)42-32-52-44(33-51(42)62(49(41)26-36(34)3)53-45(58(12,13)14)28-39(56(6,7)8)29-46(53)59(15,16)17)55(64)43-25-35(2)37(4)27-50(43)63(52)54-47(60(18,19)20)30-40(57(9,10)11)31-48(54)61(21,22)23/h24-33H,5H2,1-4,6-23H3. The molecule has 6 aromatic rings. The molecular formula is C61H78N2O. The Morgan fingerprint density at radius 3 is 1.17 bits per heavy atom. The molecule has 0 unspecified atom stereocenters. The van der Waals surface area contributed by atoms with E-state index in [9.17, 15) is 0 Å². The lowest BCUT2D eigenvalue weighted by Crippen LogP contribution is -2.29. The molecule has 5 aromatic carbocycles. The number of anilines is 3. The molecule has 0 radical (unpaired) electrons. The van der Waals surface area contributed by atoms with Crippen LogP contribution >= 0.6 is 0 Å². The highest BCUT2D eigenvalue weighted by atomic mass is 16.1. The van der Waals surface area contributed by atoms with E-state index in [1.165, 1.54) is 55.9 Å². The molecule has 2 heterocycles. The van der Waals surface area contributed by atoms with Gasteiger partial charge in [-0.25, -0.2) is 0 Å². The van der Waals surface area contributed by atoms with Gasteiger partial charge in [-0.15, -0.1) is 0 Å². The summed E-state index contributed by atoms with van der Waals surface area (Å²) in [6, 6.07) is 23.5. The Labute approximate surface area is 387 Å². The summed E-state index contributed by atoms with van der Waals surface area (Å²) in [7, 11) is 0. The average molecular weight is 855 g/mol. The van der Waals surface area contributed by atoms with Gasteiger partial charge < -0.3 is 9.47 Å². The van der Waals surface area contributed by atoms with Crippen molar-refractivity contribution in [2.45, 2.75) is 185 Å². The summed E-state index contributed by atoms with van der Waals surface area (Å²) in [5, 5.41) is 1.45. The van der Waals surface area contributed by atoms with Crippen molar-refractivity contribution in [3.05, 3.63) is 144 Å². The summed E-state index contributed by atoms with van der Waals surface area (Å²) in [4.78, 5) is 18.1. The quantitative estimate of drug-likeness (QED) is 0.162. The highest BCUT2D eigenvalue weighted by molar-refractivity contribution is 6.07. The van der Waals surface area contributed by atoms with Crippen molar-refractivity contribution in [2.75, 3.05) is 4.90 Å². The van der Waals surface area contributed by atoms with Gasteiger partial charge in [-0.3, -0.25) is 4.79 Å². The molecule has 1 aliphatic heterocycles. The molecule has 0 N–H and O–H groups in total. The molecule has 338 valence electrons. The minimum Gasteiger partial charge on any atom is -0.309 e. The summed E-state index contributed by atoms with van der Waals surface area (Å²) in [6.07, 6.45) is 0. The summed E-state index contributed by atoms with van der Waals surface area (Å²) in [5.74, 6) is 0. The molecule has 0 amide bonds. The van der Waals surface area contributed by atoms with E-state index in [1.54, 1.807) is 0 Å². The maximum atomic E-state index is 15.6. The van der Waals surface area contributed by atoms with Gasteiger partial charge in [0.1, 0.15) is 0 Å². The zero-order valence-corrected chi connectivity index (χ0v) is 43.8. The van der Waals surface area contributed by atoms with Crippen LogP contribution in [-0.2, 0) is 32.5 Å². The summed E-state index contributed by atoms with van der Waals surface area (Å²) in [6.45, 7) is 55.6. The molecule has 0 saturated carbocycles. The Morgan fingerprint density at radius 1 is 0.391 bits per heavy atom. The average Bonchev–Trinajstić information content (AvgIpc) is 3.13. The van der Waals surface area contributed by atoms with Crippen molar-refractivity contribution >= 4 is 44.4 Å². The van der Waals surface area contributed by atoms with Crippen molar-refractivity contribution in [1.82, 2.24) is 4.57 Å². The molecule has 0 saturated heterocycles. The van der Waals surface area contributed by atoms with Crippen LogP contribution in [0.4, 0.5) is 17.1 Å². The van der Waals surface area contributed by atoms with Crippen LogP contribution in [0.2, 0.25) is 0 Å². The topological polar surface area (TPSA) is 25.2 Å². The molecule has 3 heteroatoms.